The maximum absolute atomic E-state index is 13.8. The Balaban J connectivity index is 0.869. The van der Waals surface area contributed by atoms with Crippen molar-refractivity contribution in [3.05, 3.63) is 120 Å². The number of hydrogen-bond donors (Lipinski definition) is 4. The number of nitrogens with one attached hydrogen (secondary N) is 4. The number of ether oxygens (including phenoxy) is 1. The molecule has 3 aliphatic heterocycles. The minimum atomic E-state index is -0.589. The van der Waals surface area contributed by atoms with Crippen molar-refractivity contribution in [1.82, 2.24) is 40.4 Å². The number of benzene rings is 4. The number of H-pyrrole nitrogens is 2. The van der Waals surface area contributed by atoms with Gasteiger partial charge in [0.1, 0.15) is 23.7 Å². The number of carbonyl (C=O) groups excluding carboxylic acids is 3. The van der Waals surface area contributed by atoms with Crippen molar-refractivity contribution in [2.75, 3.05) is 20.7 Å². The number of alkyl carbamates (subject to hydrolysis) is 1. The molecule has 5 heterocycles. The number of methoxy groups -OCH3 is 1. The van der Waals surface area contributed by atoms with Crippen LogP contribution >= 0.6 is 0 Å². The van der Waals surface area contributed by atoms with Gasteiger partial charge in [-0.2, -0.15) is 0 Å². The monoisotopic (exact) mass is 762 g/mol. The van der Waals surface area contributed by atoms with Gasteiger partial charge in [-0.1, -0.05) is 84.9 Å². The maximum Gasteiger partial charge on any atom is 0.407 e. The minimum absolute atomic E-state index is 0.0675. The molecule has 9 rings (SSSR count). The number of imidazole rings is 2. The lowest BCUT2D eigenvalue weighted by Gasteiger charge is -2.37. The lowest BCUT2D eigenvalue weighted by Crippen LogP contribution is -2.54. The topological polar surface area (TPSA) is 148 Å². The van der Waals surface area contributed by atoms with Crippen LogP contribution in [0.2, 0.25) is 0 Å². The number of carbonyl (C=O) groups is 3. The van der Waals surface area contributed by atoms with E-state index in [2.05, 4.69) is 81.3 Å². The van der Waals surface area contributed by atoms with Gasteiger partial charge in [0.25, 0.3) is 0 Å². The summed E-state index contributed by atoms with van der Waals surface area (Å²) in [6.07, 6.45) is 6.25. The van der Waals surface area contributed by atoms with Crippen LogP contribution in [0, 0.1) is 0 Å². The highest BCUT2D eigenvalue weighted by Gasteiger charge is 2.45. The Kier molecular flexibility index (Phi) is 9.79. The Morgan fingerprint density at radius 1 is 0.789 bits per heavy atom. The average molecular weight is 763 g/mol. The summed E-state index contributed by atoms with van der Waals surface area (Å²) in [5.41, 5.74) is 9.09. The number of aromatic nitrogens is 4. The van der Waals surface area contributed by atoms with E-state index in [1.807, 2.05) is 59.4 Å². The first-order valence-electron chi connectivity index (χ1n) is 19.8. The Morgan fingerprint density at radius 3 is 2.19 bits per heavy atom. The Labute approximate surface area is 331 Å². The van der Waals surface area contributed by atoms with Crippen molar-refractivity contribution in [2.45, 2.75) is 68.7 Å². The van der Waals surface area contributed by atoms with E-state index >= 15 is 0 Å². The molecule has 0 spiro atoms. The Hall–Kier alpha value is -6.27. The fourth-order valence-corrected chi connectivity index (χ4v) is 9.04. The highest BCUT2D eigenvalue weighted by Crippen LogP contribution is 2.41. The van der Waals surface area contributed by atoms with Crippen LogP contribution in [0.5, 0.6) is 0 Å². The molecule has 3 fully saturated rings. The molecule has 3 amide bonds. The summed E-state index contributed by atoms with van der Waals surface area (Å²) in [5.74, 6) is 1.58. The largest absolute Gasteiger partial charge is 0.453 e. The van der Waals surface area contributed by atoms with Gasteiger partial charge < -0.3 is 35.1 Å². The predicted octanol–water partition coefficient (Wildman–Crippen LogP) is 7.46. The van der Waals surface area contributed by atoms with Crippen LogP contribution in [-0.2, 0) is 14.3 Å². The predicted molar refractivity (Wildman–Crippen MR) is 218 cm³/mol. The second kappa shape index (κ2) is 15.3. The summed E-state index contributed by atoms with van der Waals surface area (Å²) in [7, 11) is 3.14. The van der Waals surface area contributed by atoms with Gasteiger partial charge in [0.15, 0.2) is 0 Å². The first-order valence-corrected chi connectivity index (χ1v) is 19.8. The zero-order chi connectivity index (χ0) is 39.0. The number of aromatic amines is 2. The van der Waals surface area contributed by atoms with Crippen LogP contribution in [0.4, 0.5) is 4.79 Å². The minimum Gasteiger partial charge on any atom is -0.453 e. The number of rotatable bonds is 9. The lowest BCUT2D eigenvalue weighted by molar-refractivity contribution is -0.139. The van der Waals surface area contributed by atoms with Gasteiger partial charge >= 0.3 is 6.09 Å². The standard InChI is InChI=1S/C45H46N8O4/c1-46-40(31-7-4-3-5-8-31)44(55)52-24-6-9-38(52)42-48-34-21-18-32(25-36(34)49-42)29-12-10-27(11-13-29)28-14-16-30(17-15-28)37-26-47-41(50-37)39-23-20-33-19-22-35(43(54)53(33)39)51-45(56)57-2/h3-5,7-8,10-18,21,25-26,33,35,38-40,46H,6,9,19-20,22-24H2,1-2H3,(H,47,50)(H,48,49)(H,51,56). The van der Waals surface area contributed by atoms with E-state index in [-0.39, 0.29) is 29.9 Å². The van der Waals surface area contributed by atoms with E-state index < -0.39 is 18.2 Å². The summed E-state index contributed by atoms with van der Waals surface area (Å²) in [5, 5.41) is 5.91. The normalized spacial score (nSPS) is 21.1. The fraction of sp³-hybridized carbons (Fsp3) is 0.311. The van der Waals surface area contributed by atoms with Gasteiger partial charge in [-0.25, -0.2) is 14.8 Å². The molecule has 290 valence electrons. The first-order chi connectivity index (χ1) is 27.9. The van der Waals surface area contributed by atoms with Gasteiger partial charge in [0.2, 0.25) is 11.8 Å². The second-order valence-electron chi connectivity index (χ2n) is 15.3. The van der Waals surface area contributed by atoms with E-state index in [4.69, 9.17) is 14.7 Å². The second-order valence-corrected chi connectivity index (χ2v) is 15.3. The number of piperidine rings is 1. The molecule has 12 heteroatoms. The van der Waals surface area contributed by atoms with Crippen LogP contribution in [-0.4, -0.2) is 80.4 Å². The highest BCUT2D eigenvalue weighted by atomic mass is 16.5. The molecule has 0 saturated carbocycles. The van der Waals surface area contributed by atoms with Crippen molar-refractivity contribution in [2.24, 2.45) is 0 Å². The van der Waals surface area contributed by atoms with Crippen molar-refractivity contribution < 1.29 is 19.1 Å². The molecule has 0 bridgehead atoms. The third-order valence-electron chi connectivity index (χ3n) is 12.0. The Morgan fingerprint density at radius 2 is 1.47 bits per heavy atom. The number of likely N-dealkylation sites (N-methyl/N-ethyl adjacent to an activating group) is 1. The maximum atomic E-state index is 13.8. The van der Waals surface area contributed by atoms with Gasteiger partial charge in [-0.3, -0.25) is 9.59 Å². The number of amides is 3. The van der Waals surface area contributed by atoms with E-state index in [0.29, 0.717) is 13.0 Å². The van der Waals surface area contributed by atoms with Crippen LogP contribution in [0.1, 0.15) is 73.9 Å². The number of hydrogen-bond acceptors (Lipinski definition) is 7. The summed E-state index contributed by atoms with van der Waals surface area (Å²) >= 11 is 0. The van der Waals surface area contributed by atoms with Crippen molar-refractivity contribution in [1.29, 1.82) is 0 Å². The van der Waals surface area contributed by atoms with E-state index in [1.54, 1.807) is 0 Å². The van der Waals surface area contributed by atoms with E-state index in [9.17, 15) is 14.4 Å². The van der Waals surface area contributed by atoms with Crippen molar-refractivity contribution >= 4 is 28.9 Å². The highest BCUT2D eigenvalue weighted by molar-refractivity contribution is 5.87. The molecule has 12 nitrogen and oxygen atoms in total. The van der Waals surface area contributed by atoms with Crippen LogP contribution in [0.15, 0.2) is 103 Å². The van der Waals surface area contributed by atoms with E-state index in [0.717, 1.165) is 93.9 Å². The van der Waals surface area contributed by atoms with Crippen LogP contribution in [0.25, 0.3) is 44.5 Å². The summed E-state index contributed by atoms with van der Waals surface area (Å²) in [6, 6.07) is 32.1. The third-order valence-corrected chi connectivity index (χ3v) is 12.0. The van der Waals surface area contributed by atoms with Crippen molar-refractivity contribution in [3.63, 3.8) is 0 Å². The van der Waals surface area contributed by atoms with Crippen LogP contribution in [0.3, 0.4) is 0 Å². The Bertz CT molecular complexity index is 2410. The summed E-state index contributed by atoms with van der Waals surface area (Å²) < 4.78 is 4.74. The molecule has 3 saturated heterocycles. The first kappa shape index (κ1) is 36.4. The fourth-order valence-electron chi connectivity index (χ4n) is 9.04. The molecular weight excluding hydrogens is 717 g/mol. The average Bonchev–Trinajstić information content (AvgIpc) is 4.08. The lowest BCUT2D eigenvalue weighted by atomic mass is 9.98. The number of likely N-dealkylation sites (tertiary alicyclic amines) is 1. The molecule has 2 aromatic heterocycles. The zero-order valence-corrected chi connectivity index (χ0v) is 32.1. The van der Waals surface area contributed by atoms with Crippen molar-refractivity contribution in [3.8, 4) is 33.5 Å². The molecule has 0 radical (unpaired) electrons. The number of nitrogens with zero attached hydrogens (tertiary/aromatic N) is 4. The zero-order valence-electron chi connectivity index (χ0n) is 32.1. The molecule has 5 unspecified atom stereocenters. The SMILES string of the molecule is CNC(C(=O)N1CCCC1c1nc2ccc(-c3ccc(-c4ccc(-c5cnc(C6CCC7CCC(NC(=O)OC)C(=O)N76)[nH]5)cc4)cc3)cc2[nH]1)c1ccccc1. The molecule has 3 aliphatic rings. The number of fused-ring (bicyclic) bond motifs is 2. The van der Waals surface area contributed by atoms with E-state index in [1.165, 1.54) is 7.11 Å². The molecular formula is C45H46N8O4. The molecule has 0 aliphatic carbocycles. The van der Waals surface area contributed by atoms with Crippen LogP contribution < -0.4 is 10.6 Å². The van der Waals surface area contributed by atoms with Gasteiger partial charge in [-0.15, -0.1) is 0 Å². The molecule has 4 N–H and O–H groups in total. The molecule has 4 aromatic carbocycles. The molecule has 6 aromatic rings. The van der Waals surface area contributed by atoms with Gasteiger partial charge in [-0.05, 0) is 91.1 Å². The molecule has 57 heavy (non-hydrogen) atoms. The quantitative estimate of drug-likeness (QED) is 0.120. The van der Waals surface area contributed by atoms with Gasteiger partial charge in [0, 0.05) is 12.6 Å². The summed E-state index contributed by atoms with van der Waals surface area (Å²) in [4.78, 5) is 59.5. The summed E-state index contributed by atoms with van der Waals surface area (Å²) in [6.45, 7) is 0.708. The molecule has 5 atom stereocenters. The third kappa shape index (κ3) is 6.94. The smallest absolute Gasteiger partial charge is 0.407 e. The van der Waals surface area contributed by atoms with Gasteiger partial charge in [0.05, 0.1) is 42.1 Å².